The van der Waals surface area contributed by atoms with Crippen molar-refractivity contribution in [2.75, 3.05) is 18.5 Å². The molecule has 0 saturated heterocycles. The van der Waals surface area contributed by atoms with E-state index in [1.165, 1.54) is 0 Å². The first-order chi connectivity index (χ1) is 13.7. The van der Waals surface area contributed by atoms with Gasteiger partial charge < -0.3 is 14.8 Å². The maximum Gasteiger partial charge on any atom is 0.270 e. The van der Waals surface area contributed by atoms with E-state index in [1.54, 1.807) is 39.0 Å². The Labute approximate surface area is 174 Å². The maximum atomic E-state index is 12.7. The number of carbonyl (C=O) groups excluding carboxylic acids is 1. The lowest BCUT2D eigenvalue weighted by Crippen LogP contribution is -2.26. The number of aromatic nitrogens is 2. The topological polar surface area (TPSA) is 120 Å². The van der Waals surface area contributed by atoms with E-state index in [0.717, 1.165) is 11.3 Å². The number of hydrogen-bond acceptors (Lipinski definition) is 8. The largest absolute Gasteiger partial charge is 0.490 e. The lowest BCUT2D eigenvalue weighted by atomic mass is 10.1. The van der Waals surface area contributed by atoms with Gasteiger partial charge in [-0.05, 0) is 38.5 Å². The molecule has 2 N–H and O–H groups in total. The summed E-state index contributed by atoms with van der Waals surface area (Å²) in [5.41, 5.74) is 0.707. The Kier molecular flexibility index (Phi) is 7.94. The van der Waals surface area contributed by atoms with Crippen LogP contribution in [0.3, 0.4) is 0 Å². The third kappa shape index (κ3) is 6.12. The van der Waals surface area contributed by atoms with Crippen molar-refractivity contribution < 1.29 is 22.7 Å². The van der Waals surface area contributed by atoms with Gasteiger partial charge >= 0.3 is 0 Å². The number of rotatable bonds is 10. The van der Waals surface area contributed by atoms with Crippen LogP contribution in [-0.4, -0.2) is 37.7 Å². The molecule has 1 atom stereocenters. The fourth-order valence-corrected chi connectivity index (χ4v) is 4.46. The maximum absolute atomic E-state index is 12.7. The average molecular weight is 443 g/mol. The van der Waals surface area contributed by atoms with Crippen molar-refractivity contribution >= 4 is 32.4 Å². The van der Waals surface area contributed by atoms with Gasteiger partial charge in [0, 0.05) is 12.0 Å². The Morgan fingerprint density at radius 2 is 1.76 bits per heavy atom. The number of benzene rings is 1. The van der Waals surface area contributed by atoms with Gasteiger partial charge in [0.25, 0.3) is 10.0 Å². The van der Waals surface area contributed by atoms with Crippen molar-refractivity contribution in [2.45, 2.75) is 45.0 Å². The van der Waals surface area contributed by atoms with Gasteiger partial charge in [0.1, 0.15) is 0 Å². The zero-order chi connectivity index (χ0) is 21.6. The second-order valence-corrected chi connectivity index (χ2v) is 9.30. The molecule has 29 heavy (non-hydrogen) atoms. The van der Waals surface area contributed by atoms with Crippen LogP contribution in [-0.2, 0) is 14.8 Å². The SMILES string of the molecule is CCOc1ccc([C@@H](C)NS(=O)(=O)c2nnc(NC(=O)C(C)C)s2)cc1OCC. The van der Waals surface area contributed by atoms with Crippen molar-refractivity contribution in [3.8, 4) is 11.5 Å². The number of amides is 1. The first-order valence-electron chi connectivity index (χ1n) is 9.24. The normalized spacial score (nSPS) is 12.6. The molecule has 0 aliphatic rings. The Hall–Kier alpha value is -2.24. The predicted octanol–water partition coefficient (Wildman–Crippen LogP) is 2.97. The van der Waals surface area contributed by atoms with Crippen molar-refractivity contribution in [2.24, 2.45) is 5.92 Å². The predicted molar refractivity (Wildman–Crippen MR) is 111 cm³/mol. The van der Waals surface area contributed by atoms with E-state index in [9.17, 15) is 13.2 Å². The van der Waals surface area contributed by atoms with E-state index in [4.69, 9.17) is 9.47 Å². The van der Waals surface area contributed by atoms with Gasteiger partial charge in [0.05, 0.1) is 13.2 Å². The first-order valence-corrected chi connectivity index (χ1v) is 11.5. The van der Waals surface area contributed by atoms with Crippen molar-refractivity contribution in [1.29, 1.82) is 0 Å². The highest BCUT2D eigenvalue weighted by molar-refractivity contribution is 7.91. The summed E-state index contributed by atoms with van der Waals surface area (Å²) in [5.74, 6) is 0.635. The smallest absolute Gasteiger partial charge is 0.270 e. The number of carbonyl (C=O) groups is 1. The third-order valence-electron chi connectivity index (χ3n) is 3.79. The second kappa shape index (κ2) is 9.99. The Morgan fingerprint density at radius 3 is 2.38 bits per heavy atom. The molecular weight excluding hydrogens is 416 g/mol. The monoisotopic (exact) mass is 442 g/mol. The van der Waals surface area contributed by atoms with Crippen LogP contribution in [0.5, 0.6) is 11.5 Å². The fraction of sp³-hybridized carbons (Fsp3) is 0.500. The number of ether oxygens (including phenoxy) is 2. The lowest BCUT2D eigenvalue weighted by molar-refractivity contribution is -0.118. The van der Waals surface area contributed by atoms with E-state index < -0.39 is 16.1 Å². The molecule has 2 aromatic rings. The standard InChI is InChI=1S/C18H26N4O5S2/c1-6-26-14-9-8-13(10-15(14)27-7-2)12(5)22-29(24,25)18-21-20-17(28-18)19-16(23)11(3)4/h8-12,22H,6-7H2,1-5H3,(H,19,20,23)/t12-/m1/s1. The molecule has 0 saturated carbocycles. The highest BCUT2D eigenvalue weighted by atomic mass is 32.2. The molecule has 1 heterocycles. The summed E-state index contributed by atoms with van der Waals surface area (Å²) < 4.78 is 38.8. The van der Waals surface area contributed by atoms with Gasteiger partial charge in [-0.2, -0.15) is 0 Å². The first kappa shape index (κ1) is 23.0. The number of hydrogen-bond donors (Lipinski definition) is 2. The molecule has 9 nitrogen and oxygen atoms in total. The summed E-state index contributed by atoms with van der Waals surface area (Å²) in [6.45, 7) is 9.86. The summed E-state index contributed by atoms with van der Waals surface area (Å²) in [6.07, 6.45) is 0. The number of sulfonamides is 1. The molecule has 0 bridgehead atoms. The summed E-state index contributed by atoms with van der Waals surface area (Å²) in [5, 5.41) is 10.1. The molecule has 1 amide bonds. The van der Waals surface area contributed by atoms with Crippen LogP contribution in [0, 0.1) is 5.92 Å². The van der Waals surface area contributed by atoms with Crippen LogP contribution in [0.4, 0.5) is 5.13 Å². The fourth-order valence-electron chi connectivity index (χ4n) is 2.31. The van der Waals surface area contributed by atoms with Crippen LogP contribution in [0.15, 0.2) is 22.5 Å². The molecule has 1 aromatic carbocycles. The van der Waals surface area contributed by atoms with Crippen molar-refractivity contribution in [1.82, 2.24) is 14.9 Å². The average Bonchev–Trinajstić information content (AvgIpc) is 3.12. The Bertz CT molecular complexity index is 943. The third-order valence-corrected chi connectivity index (χ3v) is 6.54. The van der Waals surface area contributed by atoms with E-state index in [-0.39, 0.29) is 21.3 Å². The quantitative estimate of drug-likeness (QED) is 0.543. The van der Waals surface area contributed by atoms with Crippen LogP contribution in [0.25, 0.3) is 0 Å². The molecule has 11 heteroatoms. The lowest BCUT2D eigenvalue weighted by Gasteiger charge is -2.16. The molecule has 0 aliphatic carbocycles. The zero-order valence-corrected chi connectivity index (χ0v) is 18.7. The summed E-state index contributed by atoms with van der Waals surface area (Å²) in [7, 11) is -3.92. The van der Waals surface area contributed by atoms with Crippen LogP contribution < -0.4 is 19.5 Å². The molecule has 160 valence electrons. The number of anilines is 1. The summed E-state index contributed by atoms with van der Waals surface area (Å²) in [4.78, 5) is 11.7. The molecule has 0 fully saturated rings. The summed E-state index contributed by atoms with van der Waals surface area (Å²) >= 11 is 0.794. The van der Waals surface area contributed by atoms with Gasteiger partial charge in [0.2, 0.25) is 15.4 Å². The second-order valence-electron chi connectivity index (χ2n) is 6.43. The Balaban J connectivity index is 2.17. The molecule has 2 rings (SSSR count). The summed E-state index contributed by atoms with van der Waals surface area (Å²) in [6, 6.07) is 4.72. The number of nitrogens with one attached hydrogen (secondary N) is 2. The van der Waals surface area contributed by atoms with E-state index in [1.807, 2.05) is 13.8 Å². The molecule has 0 spiro atoms. The highest BCUT2D eigenvalue weighted by Crippen LogP contribution is 2.31. The minimum Gasteiger partial charge on any atom is -0.490 e. The van der Waals surface area contributed by atoms with Crippen LogP contribution >= 0.6 is 11.3 Å². The number of nitrogens with zero attached hydrogens (tertiary/aromatic N) is 2. The van der Waals surface area contributed by atoms with Gasteiger partial charge in [-0.25, -0.2) is 13.1 Å². The minimum atomic E-state index is -3.92. The minimum absolute atomic E-state index is 0.136. The van der Waals surface area contributed by atoms with E-state index in [2.05, 4.69) is 20.2 Å². The van der Waals surface area contributed by atoms with Crippen molar-refractivity contribution in [3.05, 3.63) is 23.8 Å². The molecule has 1 aromatic heterocycles. The molecule has 0 unspecified atom stereocenters. The zero-order valence-electron chi connectivity index (χ0n) is 17.1. The highest BCUT2D eigenvalue weighted by Gasteiger charge is 2.24. The van der Waals surface area contributed by atoms with Gasteiger partial charge in [-0.1, -0.05) is 31.3 Å². The van der Waals surface area contributed by atoms with Crippen molar-refractivity contribution in [3.63, 3.8) is 0 Å². The van der Waals surface area contributed by atoms with Gasteiger partial charge in [0.15, 0.2) is 11.5 Å². The van der Waals surface area contributed by atoms with Crippen LogP contribution in [0.2, 0.25) is 0 Å². The molecule has 0 radical (unpaired) electrons. The molecule has 0 aliphatic heterocycles. The van der Waals surface area contributed by atoms with Gasteiger partial charge in [-0.15, -0.1) is 10.2 Å². The van der Waals surface area contributed by atoms with Gasteiger partial charge in [-0.3, -0.25) is 4.79 Å². The van der Waals surface area contributed by atoms with Crippen LogP contribution in [0.1, 0.15) is 46.2 Å². The Morgan fingerprint density at radius 1 is 1.10 bits per heavy atom. The van der Waals surface area contributed by atoms with E-state index in [0.29, 0.717) is 30.3 Å². The van der Waals surface area contributed by atoms with E-state index >= 15 is 0 Å². The molecular formula is C18H26N4O5S2.